The Hall–Kier alpha value is -2.59. The number of methoxy groups -OCH3 is 1. The highest BCUT2D eigenvalue weighted by molar-refractivity contribution is 5.76. The standard InChI is InChI=1S/C23H30F4N4O3/c1-4-22(21(32)33)10-5-11-30(12-22)20-18(34-3)13(2)28-19-16(24)17(29-31(19)20)14-6-8-15(9-7-14)23(25,26)27/h14-15H,4-12H2,1-3H3,(H,32,33)/t14-,15-,22-/m0/s1. The number of carboxylic acids is 1. The number of carbonyl (C=O) groups is 1. The number of aryl methyl sites for hydroxylation is 1. The Balaban J connectivity index is 1.76. The van der Waals surface area contributed by atoms with Crippen molar-refractivity contribution in [1.29, 1.82) is 0 Å². The minimum absolute atomic E-state index is 0.0239. The minimum atomic E-state index is -4.24. The van der Waals surface area contributed by atoms with Crippen LogP contribution in [0.1, 0.15) is 69.2 Å². The topological polar surface area (TPSA) is 80.0 Å². The first kappa shape index (κ1) is 24.5. The summed E-state index contributed by atoms with van der Waals surface area (Å²) in [5.41, 5.74) is -0.431. The summed E-state index contributed by atoms with van der Waals surface area (Å²) in [6.45, 7) is 4.26. The van der Waals surface area contributed by atoms with Crippen molar-refractivity contribution in [3.8, 4) is 5.75 Å². The van der Waals surface area contributed by atoms with Crippen molar-refractivity contribution >= 4 is 17.4 Å². The lowest BCUT2D eigenvalue weighted by Crippen LogP contribution is -2.48. The maximum absolute atomic E-state index is 15.5. The summed E-state index contributed by atoms with van der Waals surface area (Å²) in [4.78, 5) is 18.3. The number of alkyl halides is 3. The van der Waals surface area contributed by atoms with Crippen molar-refractivity contribution in [3.05, 3.63) is 17.2 Å². The number of aliphatic carboxylic acids is 1. The molecular formula is C23H30F4N4O3. The van der Waals surface area contributed by atoms with Gasteiger partial charge in [0.2, 0.25) is 0 Å². The second-order valence-electron chi connectivity index (χ2n) is 9.54. The lowest BCUT2D eigenvalue weighted by atomic mass is 9.77. The lowest BCUT2D eigenvalue weighted by Gasteiger charge is -2.40. The quantitative estimate of drug-likeness (QED) is 0.593. The van der Waals surface area contributed by atoms with E-state index in [1.54, 1.807) is 6.92 Å². The maximum Gasteiger partial charge on any atom is 0.391 e. The molecule has 34 heavy (non-hydrogen) atoms. The summed E-state index contributed by atoms with van der Waals surface area (Å²) in [5.74, 6) is -2.52. The highest BCUT2D eigenvalue weighted by Crippen LogP contribution is 2.45. The van der Waals surface area contributed by atoms with E-state index in [-0.39, 0.29) is 43.6 Å². The van der Waals surface area contributed by atoms with E-state index in [0.29, 0.717) is 43.1 Å². The molecule has 0 amide bonds. The number of fused-ring (bicyclic) bond motifs is 1. The third kappa shape index (κ3) is 4.07. The fourth-order valence-electron chi connectivity index (χ4n) is 5.52. The van der Waals surface area contributed by atoms with E-state index < -0.39 is 35.2 Å². The van der Waals surface area contributed by atoms with E-state index in [1.807, 2.05) is 11.8 Å². The zero-order chi connectivity index (χ0) is 24.8. The number of hydrogen-bond acceptors (Lipinski definition) is 5. The van der Waals surface area contributed by atoms with Crippen molar-refractivity contribution < 1.29 is 32.2 Å². The molecule has 2 aromatic heterocycles. The van der Waals surface area contributed by atoms with E-state index in [0.717, 1.165) is 0 Å². The molecule has 0 aromatic carbocycles. The average molecular weight is 487 g/mol. The lowest BCUT2D eigenvalue weighted by molar-refractivity contribution is -0.182. The first-order valence-electron chi connectivity index (χ1n) is 11.7. The third-order valence-corrected chi connectivity index (χ3v) is 7.62. The molecule has 1 N–H and O–H groups in total. The van der Waals surface area contributed by atoms with Gasteiger partial charge in [0.1, 0.15) is 5.69 Å². The van der Waals surface area contributed by atoms with Crippen molar-refractivity contribution in [3.63, 3.8) is 0 Å². The van der Waals surface area contributed by atoms with Gasteiger partial charge in [0.25, 0.3) is 0 Å². The SMILES string of the molecule is CC[C@]1(C(=O)O)CCCN(c2c(OC)c(C)nc3c(F)c([C@H]4CC[C@H](C(F)(F)F)CC4)nn23)C1. The number of hydrogen-bond donors (Lipinski definition) is 1. The normalized spacial score (nSPS) is 26.1. The van der Waals surface area contributed by atoms with Gasteiger partial charge < -0.3 is 14.7 Å². The molecule has 11 heteroatoms. The van der Waals surface area contributed by atoms with Gasteiger partial charge in [-0.05, 0) is 51.9 Å². The molecule has 3 heterocycles. The van der Waals surface area contributed by atoms with Crippen molar-refractivity contribution in [2.24, 2.45) is 11.3 Å². The predicted molar refractivity (Wildman–Crippen MR) is 117 cm³/mol. The van der Waals surface area contributed by atoms with Crippen molar-refractivity contribution in [1.82, 2.24) is 14.6 Å². The number of aromatic nitrogens is 3. The first-order valence-corrected chi connectivity index (χ1v) is 11.7. The third-order valence-electron chi connectivity index (χ3n) is 7.62. The molecule has 0 radical (unpaired) electrons. The number of anilines is 1. The van der Waals surface area contributed by atoms with Gasteiger partial charge in [0.05, 0.1) is 24.1 Å². The number of carboxylic acid groups (broad SMARTS) is 1. The number of nitrogens with zero attached hydrogens (tertiary/aromatic N) is 4. The van der Waals surface area contributed by atoms with Crippen LogP contribution in [0.4, 0.5) is 23.4 Å². The maximum atomic E-state index is 15.5. The molecular weight excluding hydrogens is 456 g/mol. The Labute approximate surface area is 195 Å². The van der Waals surface area contributed by atoms with Gasteiger partial charge in [-0.2, -0.15) is 22.8 Å². The largest absolute Gasteiger partial charge is 0.491 e. The fraction of sp³-hybridized carbons (Fsp3) is 0.696. The molecule has 1 saturated heterocycles. The minimum Gasteiger partial charge on any atom is -0.491 e. The van der Waals surface area contributed by atoms with Gasteiger partial charge in [-0.1, -0.05) is 6.92 Å². The van der Waals surface area contributed by atoms with Gasteiger partial charge in [-0.3, -0.25) is 4.79 Å². The van der Waals surface area contributed by atoms with Crippen LogP contribution in [0.25, 0.3) is 5.65 Å². The van der Waals surface area contributed by atoms with E-state index in [4.69, 9.17) is 4.74 Å². The van der Waals surface area contributed by atoms with Gasteiger partial charge in [-0.15, -0.1) is 0 Å². The van der Waals surface area contributed by atoms with Crippen molar-refractivity contribution in [2.45, 2.75) is 70.9 Å². The fourth-order valence-corrected chi connectivity index (χ4v) is 5.52. The average Bonchev–Trinajstić information content (AvgIpc) is 3.13. The van der Waals surface area contributed by atoms with Gasteiger partial charge in [0.15, 0.2) is 23.0 Å². The Morgan fingerprint density at radius 3 is 2.50 bits per heavy atom. The molecule has 2 fully saturated rings. The molecule has 2 aromatic rings. The Morgan fingerprint density at radius 1 is 1.26 bits per heavy atom. The smallest absolute Gasteiger partial charge is 0.391 e. The van der Waals surface area contributed by atoms with Crippen LogP contribution in [0.5, 0.6) is 5.75 Å². The molecule has 4 rings (SSSR count). The second-order valence-corrected chi connectivity index (χ2v) is 9.54. The molecule has 1 saturated carbocycles. The summed E-state index contributed by atoms with van der Waals surface area (Å²) >= 11 is 0. The van der Waals surface area contributed by atoms with Crippen LogP contribution >= 0.6 is 0 Å². The summed E-state index contributed by atoms with van der Waals surface area (Å²) < 4.78 is 61.7. The van der Waals surface area contributed by atoms with Gasteiger partial charge in [-0.25, -0.2) is 9.37 Å². The first-order chi connectivity index (χ1) is 16.0. The van der Waals surface area contributed by atoms with Crippen LogP contribution in [-0.4, -0.2) is 52.0 Å². The summed E-state index contributed by atoms with van der Waals surface area (Å²) in [6, 6.07) is 0. The molecule has 1 atom stereocenters. The molecule has 0 bridgehead atoms. The van der Waals surface area contributed by atoms with Crippen molar-refractivity contribution in [2.75, 3.05) is 25.1 Å². The highest BCUT2D eigenvalue weighted by atomic mass is 19.4. The number of piperidine rings is 1. The van der Waals surface area contributed by atoms with Crippen LogP contribution in [0.2, 0.25) is 0 Å². The molecule has 7 nitrogen and oxygen atoms in total. The summed E-state index contributed by atoms with van der Waals surface area (Å²) in [6.07, 6.45) is -2.38. The van der Waals surface area contributed by atoms with Crippen LogP contribution in [0.15, 0.2) is 0 Å². The zero-order valence-corrected chi connectivity index (χ0v) is 19.6. The zero-order valence-electron chi connectivity index (χ0n) is 19.6. The van der Waals surface area contributed by atoms with E-state index in [1.165, 1.54) is 11.6 Å². The van der Waals surface area contributed by atoms with Crippen LogP contribution in [0.3, 0.4) is 0 Å². The van der Waals surface area contributed by atoms with E-state index in [9.17, 15) is 23.1 Å². The monoisotopic (exact) mass is 486 g/mol. The predicted octanol–water partition coefficient (Wildman–Crippen LogP) is 5.10. The van der Waals surface area contributed by atoms with E-state index in [2.05, 4.69) is 10.1 Å². The number of halogens is 4. The molecule has 2 aliphatic rings. The highest BCUT2D eigenvalue weighted by Gasteiger charge is 2.44. The summed E-state index contributed by atoms with van der Waals surface area (Å²) in [5, 5.41) is 14.4. The molecule has 1 aliphatic carbocycles. The Bertz CT molecular complexity index is 1080. The van der Waals surface area contributed by atoms with Gasteiger partial charge in [0, 0.05) is 19.0 Å². The molecule has 0 unspecified atom stereocenters. The number of rotatable bonds is 5. The molecule has 1 aliphatic heterocycles. The van der Waals surface area contributed by atoms with Crippen LogP contribution in [-0.2, 0) is 4.79 Å². The van der Waals surface area contributed by atoms with E-state index >= 15 is 4.39 Å². The van der Waals surface area contributed by atoms with Crippen LogP contribution in [0, 0.1) is 24.1 Å². The number of ether oxygens (including phenoxy) is 1. The molecule has 0 spiro atoms. The van der Waals surface area contributed by atoms with Gasteiger partial charge >= 0.3 is 12.1 Å². The Kier molecular flexibility index (Phi) is 6.41. The molecule has 188 valence electrons. The Morgan fingerprint density at radius 2 is 1.94 bits per heavy atom. The summed E-state index contributed by atoms with van der Waals surface area (Å²) in [7, 11) is 1.47. The van der Waals surface area contributed by atoms with Crippen LogP contribution < -0.4 is 9.64 Å². The second kappa shape index (κ2) is 8.88.